The van der Waals surface area contributed by atoms with Gasteiger partial charge >= 0.3 is 6.09 Å². The van der Waals surface area contributed by atoms with Crippen LogP contribution in [0.1, 0.15) is 245 Å². The summed E-state index contributed by atoms with van der Waals surface area (Å²) < 4.78 is 4.75. The van der Waals surface area contributed by atoms with Gasteiger partial charge in [-0.05, 0) is 44.8 Å². The lowest BCUT2D eigenvalue weighted by Gasteiger charge is -2.22. The molecule has 0 aliphatic carbocycles. The van der Waals surface area contributed by atoms with Crippen LogP contribution in [0.2, 0.25) is 0 Å². The van der Waals surface area contributed by atoms with Gasteiger partial charge in [-0.25, -0.2) is 4.79 Å². The van der Waals surface area contributed by atoms with Gasteiger partial charge in [0.15, 0.2) is 0 Å². The van der Waals surface area contributed by atoms with Crippen molar-refractivity contribution in [1.29, 1.82) is 0 Å². The molecule has 0 aliphatic heterocycles. The van der Waals surface area contributed by atoms with Crippen LogP contribution in [0.15, 0.2) is 12.8 Å². The number of nitrogens with one attached hydrogen (secondary N) is 1. The fraction of sp³-hybridized carbons (Fsp3) is 0.917. The number of alkyl carbamates (subject to hydrolysis) is 1. The van der Waals surface area contributed by atoms with Crippen molar-refractivity contribution in [1.82, 2.24) is 10.2 Å². The Morgan fingerprint density at radius 3 is 1.07 bits per heavy atom. The second-order valence-electron chi connectivity index (χ2n) is 16.0. The number of hydrogen-bond donors (Lipinski definition) is 3. The van der Waals surface area contributed by atoms with Gasteiger partial charge in [-0.15, -0.1) is 0 Å². The first-order chi connectivity index (χ1) is 27.0. The van der Waals surface area contributed by atoms with E-state index in [0.29, 0.717) is 6.54 Å². The largest absolute Gasteiger partial charge is 0.516 e. The molecule has 0 aromatic carbocycles. The van der Waals surface area contributed by atoms with Gasteiger partial charge in [0.05, 0.1) is 13.4 Å². The zero-order valence-corrected chi connectivity index (χ0v) is 37.6. The van der Waals surface area contributed by atoms with Crippen LogP contribution in [0.3, 0.4) is 0 Å². The highest BCUT2D eigenvalue weighted by atomic mass is 16.5. The first-order valence-corrected chi connectivity index (χ1v) is 23.9. The Hall–Kier alpha value is -1.76. The molecule has 330 valence electrons. The molecule has 0 aliphatic rings. The standard InChI is InChI=1S/C45H92N2O2.C2H4O.CH2O2/c1-5-8-11-14-17-18-19-20-21-22-23-24-29-34-41-47(43-36-40-46-45(48)49-4)42-35-30-25-28-33-39-44(37-31-26-15-12-9-6-2)38-32-27-16-13-10-7-3;1-2-3;2-1-3/h44H,5-43H2,1-4H3,(H,46,48);2-3H,1H2;1H,(H,2,3). The molecule has 0 fully saturated rings. The summed E-state index contributed by atoms with van der Waals surface area (Å²) in [6, 6.07) is 0. The minimum Gasteiger partial charge on any atom is -0.516 e. The van der Waals surface area contributed by atoms with Gasteiger partial charge in [0.2, 0.25) is 0 Å². The molecule has 0 saturated carbocycles. The van der Waals surface area contributed by atoms with Gasteiger partial charge in [0, 0.05) is 6.54 Å². The number of amides is 1. The van der Waals surface area contributed by atoms with Crippen molar-refractivity contribution in [2.24, 2.45) is 5.92 Å². The minimum absolute atomic E-state index is 0.250. The first kappa shape index (κ1) is 57.6. The lowest BCUT2D eigenvalue weighted by molar-refractivity contribution is -0.122. The van der Waals surface area contributed by atoms with Crippen molar-refractivity contribution in [3.05, 3.63) is 12.8 Å². The molecule has 0 spiro atoms. The molecule has 3 N–H and O–H groups in total. The minimum atomic E-state index is -0.306. The first-order valence-electron chi connectivity index (χ1n) is 23.9. The summed E-state index contributed by atoms with van der Waals surface area (Å²) in [6.45, 7) is 13.8. The van der Waals surface area contributed by atoms with Crippen molar-refractivity contribution in [2.75, 3.05) is 33.3 Å². The maximum atomic E-state index is 11.5. The van der Waals surface area contributed by atoms with Crippen molar-refractivity contribution in [3.8, 4) is 0 Å². The zero-order valence-electron chi connectivity index (χ0n) is 37.6. The highest BCUT2D eigenvalue weighted by molar-refractivity contribution is 5.66. The number of carbonyl (C=O) groups excluding carboxylic acids is 1. The molecule has 1 amide bonds. The highest BCUT2D eigenvalue weighted by Gasteiger charge is 2.10. The normalized spacial score (nSPS) is 10.8. The summed E-state index contributed by atoms with van der Waals surface area (Å²) in [5, 5.41) is 17.1. The van der Waals surface area contributed by atoms with Gasteiger partial charge in [0.1, 0.15) is 0 Å². The summed E-state index contributed by atoms with van der Waals surface area (Å²) in [7, 11) is 1.45. The van der Waals surface area contributed by atoms with Crippen LogP contribution >= 0.6 is 0 Å². The Morgan fingerprint density at radius 2 is 0.782 bits per heavy atom. The molecule has 7 heteroatoms. The average molecular weight is 783 g/mol. The predicted molar refractivity (Wildman–Crippen MR) is 240 cm³/mol. The fourth-order valence-electron chi connectivity index (χ4n) is 7.59. The van der Waals surface area contributed by atoms with Crippen molar-refractivity contribution >= 4 is 12.6 Å². The number of methoxy groups -OCH3 is 1. The van der Waals surface area contributed by atoms with E-state index in [-0.39, 0.29) is 12.6 Å². The van der Waals surface area contributed by atoms with Crippen molar-refractivity contribution in [2.45, 2.75) is 245 Å². The Morgan fingerprint density at radius 1 is 0.527 bits per heavy atom. The Kier molecular flexibility index (Phi) is 56.9. The molecule has 0 heterocycles. The second kappa shape index (κ2) is 54.3. The van der Waals surface area contributed by atoms with Gasteiger partial charge in [-0.2, -0.15) is 0 Å². The monoisotopic (exact) mass is 783 g/mol. The summed E-state index contributed by atoms with van der Waals surface area (Å²) in [6.07, 6.45) is 49.9. The number of aliphatic hydroxyl groups is 1. The molecule has 0 aromatic heterocycles. The number of aliphatic hydroxyl groups excluding tert-OH is 1. The molecule has 0 bridgehead atoms. The summed E-state index contributed by atoms with van der Waals surface area (Å²) in [5.74, 6) is 0.983. The Labute approximate surface area is 344 Å². The van der Waals surface area contributed by atoms with E-state index in [4.69, 9.17) is 19.7 Å². The number of hydrogen-bond acceptors (Lipinski definition) is 5. The van der Waals surface area contributed by atoms with E-state index in [2.05, 4.69) is 37.6 Å². The number of nitrogens with zero attached hydrogens (tertiary/aromatic N) is 1. The molecule has 7 nitrogen and oxygen atoms in total. The Bertz CT molecular complexity index is 700. The fourth-order valence-corrected chi connectivity index (χ4v) is 7.59. The summed E-state index contributed by atoms with van der Waals surface area (Å²) in [5.41, 5.74) is 0. The predicted octanol–water partition coefficient (Wildman–Crippen LogP) is 15.4. The third-order valence-electron chi connectivity index (χ3n) is 11.0. The van der Waals surface area contributed by atoms with E-state index in [1.807, 2.05) is 0 Å². The van der Waals surface area contributed by atoms with Crippen LogP contribution in [0.5, 0.6) is 0 Å². The van der Waals surface area contributed by atoms with E-state index in [0.717, 1.165) is 25.1 Å². The third-order valence-corrected chi connectivity index (χ3v) is 11.0. The summed E-state index contributed by atoms with van der Waals surface area (Å²) >= 11 is 0. The van der Waals surface area contributed by atoms with Crippen LogP contribution in [0, 0.1) is 5.92 Å². The number of carboxylic acid groups (broad SMARTS) is 1. The van der Waals surface area contributed by atoms with Crippen LogP contribution in [-0.2, 0) is 9.53 Å². The smallest absolute Gasteiger partial charge is 0.406 e. The molecule has 55 heavy (non-hydrogen) atoms. The summed E-state index contributed by atoms with van der Waals surface area (Å²) in [4.78, 5) is 22.5. The number of carbonyl (C=O) groups is 2. The zero-order chi connectivity index (χ0) is 41.1. The number of rotatable bonds is 41. The van der Waals surface area contributed by atoms with Crippen LogP contribution in [-0.4, -0.2) is 61.0 Å². The number of ether oxygens (including phenoxy) is 1. The molecule has 0 atom stereocenters. The van der Waals surface area contributed by atoms with Crippen LogP contribution in [0.25, 0.3) is 0 Å². The van der Waals surface area contributed by atoms with Crippen molar-refractivity contribution in [3.63, 3.8) is 0 Å². The van der Waals surface area contributed by atoms with Crippen LogP contribution < -0.4 is 5.32 Å². The topological polar surface area (TPSA) is 99.1 Å². The molecule has 0 aromatic rings. The highest BCUT2D eigenvalue weighted by Crippen LogP contribution is 2.25. The SMILES string of the molecule is C=CO.CCCCCCCCCCCCCCCCN(CCCCCCCC(CCCCCCCC)CCCCCCCC)CCCNC(=O)OC.O=CO. The van der Waals surface area contributed by atoms with E-state index in [9.17, 15) is 4.79 Å². The third kappa shape index (κ3) is 54.4. The quantitative estimate of drug-likeness (QED) is 0.0324. The van der Waals surface area contributed by atoms with Gasteiger partial charge in [-0.3, -0.25) is 4.79 Å². The average Bonchev–Trinajstić information content (AvgIpc) is 3.18. The molecule has 0 radical (unpaired) electrons. The lowest BCUT2D eigenvalue weighted by atomic mass is 9.89. The molecule has 0 saturated heterocycles. The van der Waals surface area contributed by atoms with E-state index < -0.39 is 0 Å². The molecular weight excluding hydrogens is 685 g/mol. The molecule has 0 rings (SSSR count). The Balaban J connectivity index is -0.00000420. The lowest BCUT2D eigenvalue weighted by Crippen LogP contribution is -2.31. The van der Waals surface area contributed by atoms with Gasteiger partial charge < -0.3 is 25.2 Å². The second-order valence-corrected chi connectivity index (χ2v) is 16.0. The molecular formula is C48H98N2O5. The van der Waals surface area contributed by atoms with Gasteiger partial charge in [0.25, 0.3) is 6.47 Å². The molecule has 0 unspecified atom stereocenters. The maximum Gasteiger partial charge on any atom is 0.406 e. The van der Waals surface area contributed by atoms with E-state index in [1.165, 1.54) is 239 Å². The van der Waals surface area contributed by atoms with Crippen LogP contribution in [0.4, 0.5) is 4.79 Å². The van der Waals surface area contributed by atoms with E-state index >= 15 is 0 Å². The van der Waals surface area contributed by atoms with Gasteiger partial charge in [-0.1, -0.05) is 233 Å². The number of unbranched alkanes of at least 4 members (excludes halogenated alkanes) is 27. The maximum absolute atomic E-state index is 11.5. The van der Waals surface area contributed by atoms with E-state index in [1.54, 1.807) is 0 Å². The van der Waals surface area contributed by atoms with Crippen molar-refractivity contribution < 1.29 is 24.5 Å².